The molecule has 0 heterocycles. The lowest BCUT2D eigenvalue weighted by atomic mass is 10.1. The highest BCUT2D eigenvalue weighted by Gasteiger charge is 2.23. The van der Waals surface area contributed by atoms with E-state index in [4.69, 9.17) is 0 Å². The summed E-state index contributed by atoms with van der Waals surface area (Å²) in [5, 5.41) is 18.9. The molecule has 0 atom stereocenters. The van der Waals surface area contributed by atoms with Crippen molar-refractivity contribution in [2.45, 2.75) is 18.9 Å². The zero-order chi connectivity index (χ0) is 15.4. The fraction of sp³-hybridized carbons (Fsp3) is 0.385. The Kier molecular flexibility index (Phi) is 4.36. The van der Waals surface area contributed by atoms with Gasteiger partial charge in [-0.25, -0.2) is 0 Å². The first-order valence-electron chi connectivity index (χ1n) is 6.55. The molecule has 0 saturated heterocycles. The average Bonchev–Trinajstić information content (AvgIpc) is 3.27. The van der Waals surface area contributed by atoms with Crippen LogP contribution in [-0.2, 0) is 4.79 Å². The van der Waals surface area contributed by atoms with Crippen molar-refractivity contribution in [1.29, 1.82) is 0 Å². The molecule has 1 aromatic carbocycles. The molecular formula is C13H16N4O4. The average molecular weight is 292 g/mol. The molecular weight excluding hydrogens is 276 g/mol. The van der Waals surface area contributed by atoms with Crippen LogP contribution in [-0.4, -0.2) is 36.4 Å². The number of nitro groups is 1. The van der Waals surface area contributed by atoms with Crippen LogP contribution < -0.4 is 16.0 Å². The highest BCUT2D eigenvalue weighted by molar-refractivity contribution is 5.96. The molecule has 112 valence electrons. The maximum Gasteiger partial charge on any atom is 0.292 e. The topological polar surface area (TPSA) is 113 Å². The molecule has 0 aliphatic heterocycles. The number of amides is 2. The first-order chi connectivity index (χ1) is 10.0. The van der Waals surface area contributed by atoms with E-state index in [9.17, 15) is 19.7 Å². The molecule has 0 aromatic heterocycles. The van der Waals surface area contributed by atoms with Gasteiger partial charge in [0, 0.05) is 24.7 Å². The van der Waals surface area contributed by atoms with Gasteiger partial charge in [-0.15, -0.1) is 0 Å². The van der Waals surface area contributed by atoms with Crippen molar-refractivity contribution in [3.8, 4) is 0 Å². The van der Waals surface area contributed by atoms with Gasteiger partial charge in [-0.3, -0.25) is 19.7 Å². The monoisotopic (exact) mass is 292 g/mol. The molecule has 1 saturated carbocycles. The molecule has 0 radical (unpaired) electrons. The Labute approximate surface area is 121 Å². The van der Waals surface area contributed by atoms with E-state index in [0.29, 0.717) is 0 Å². The fourth-order valence-electron chi connectivity index (χ4n) is 1.80. The molecule has 0 spiro atoms. The summed E-state index contributed by atoms with van der Waals surface area (Å²) in [7, 11) is 1.47. The Balaban J connectivity index is 2.11. The lowest BCUT2D eigenvalue weighted by Crippen LogP contribution is -2.31. The molecule has 1 fully saturated rings. The number of hydrogen-bond acceptors (Lipinski definition) is 5. The molecule has 3 N–H and O–H groups in total. The van der Waals surface area contributed by atoms with Gasteiger partial charge in [0.1, 0.15) is 5.69 Å². The number of nitrogens with one attached hydrogen (secondary N) is 3. The second-order valence-electron chi connectivity index (χ2n) is 4.76. The highest BCUT2D eigenvalue weighted by Crippen LogP contribution is 2.25. The van der Waals surface area contributed by atoms with Crippen LogP contribution in [0.15, 0.2) is 18.2 Å². The van der Waals surface area contributed by atoms with Gasteiger partial charge in [0.05, 0.1) is 11.5 Å². The number of anilines is 1. The smallest absolute Gasteiger partial charge is 0.292 e. The van der Waals surface area contributed by atoms with E-state index in [1.54, 1.807) is 0 Å². The summed E-state index contributed by atoms with van der Waals surface area (Å²) in [5.41, 5.74) is 0.252. The first-order valence-corrected chi connectivity index (χ1v) is 6.55. The Morgan fingerprint density at radius 3 is 2.67 bits per heavy atom. The fourth-order valence-corrected chi connectivity index (χ4v) is 1.80. The summed E-state index contributed by atoms with van der Waals surface area (Å²) in [6.45, 7) is -0.0749. The van der Waals surface area contributed by atoms with Crippen molar-refractivity contribution >= 4 is 23.2 Å². The van der Waals surface area contributed by atoms with E-state index in [1.807, 2.05) is 0 Å². The van der Waals surface area contributed by atoms with E-state index in [-0.39, 0.29) is 41.3 Å². The van der Waals surface area contributed by atoms with Crippen LogP contribution in [0.1, 0.15) is 23.2 Å². The standard InChI is InChI=1S/C13H16N4O4/c1-14-13(19)8-2-5-11(17(20)21)10(6-8)15-7-12(18)16-9-3-4-9/h2,5-6,9,15H,3-4,7H2,1H3,(H,14,19)(H,16,18). The van der Waals surface area contributed by atoms with Crippen molar-refractivity contribution in [3.63, 3.8) is 0 Å². The molecule has 1 aliphatic carbocycles. The van der Waals surface area contributed by atoms with Crippen molar-refractivity contribution in [1.82, 2.24) is 10.6 Å². The maximum atomic E-state index is 11.6. The van der Waals surface area contributed by atoms with Gasteiger partial charge in [-0.05, 0) is 25.0 Å². The van der Waals surface area contributed by atoms with Gasteiger partial charge < -0.3 is 16.0 Å². The van der Waals surface area contributed by atoms with Crippen LogP contribution in [0.3, 0.4) is 0 Å². The van der Waals surface area contributed by atoms with Gasteiger partial charge in [-0.1, -0.05) is 0 Å². The Morgan fingerprint density at radius 1 is 1.38 bits per heavy atom. The zero-order valence-corrected chi connectivity index (χ0v) is 11.5. The van der Waals surface area contributed by atoms with E-state index < -0.39 is 4.92 Å². The summed E-state index contributed by atoms with van der Waals surface area (Å²) in [6, 6.07) is 4.20. The molecule has 2 amide bonds. The second-order valence-corrected chi connectivity index (χ2v) is 4.76. The molecule has 0 bridgehead atoms. The number of benzene rings is 1. The van der Waals surface area contributed by atoms with E-state index in [2.05, 4.69) is 16.0 Å². The lowest BCUT2D eigenvalue weighted by Gasteiger charge is -2.09. The maximum absolute atomic E-state index is 11.6. The zero-order valence-electron chi connectivity index (χ0n) is 11.5. The molecule has 8 heteroatoms. The predicted octanol–water partition coefficient (Wildman–Crippen LogP) is 0.645. The SMILES string of the molecule is CNC(=O)c1ccc([N+](=O)[O-])c(NCC(=O)NC2CC2)c1. The number of nitrogens with zero attached hydrogens (tertiary/aromatic N) is 1. The number of carbonyl (C=O) groups is 2. The van der Waals surface area contributed by atoms with Crippen molar-refractivity contribution in [2.24, 2.45) is 0 Å². The predicted molar refractivity (Wildman–Crippen MR) is 76.1 cm³/mol. The normalized spacial score (nSPS) is 13.4. The van der Waals surface area contributed by atoms with Crippen molar-refractivity contribution in [3.05, 3.63) is 33.9 Å². The third-order valence-electron chi connectivity index (χ3n) is 3.06. The largest absolute Gasteiger partial charge is 0.371 e. The number of hydrogen-bond donors (Lipinski definition) is 3. The summed E-state index contributed by atoms with van der Waals surface area (Å²) in [5.74, 6) is -0.576. The third-order valence-corrected chi connectivity index (χ3v) is 3.06. The Hall–Kier alpha value is -2.64. The first kappa shape index (κ1) is 14.8. The van der Waals surface area contributed by atoms with Crippen LogP contribution in [0.5, 0.6) is 0 Å². The van der Waals surface area contributed by atoms with Gasteiger partial charge in [-0.2, -0.15) is 0 Å². The third kappa shape index (κ3) is 3.91. The minimum atomic E-state index is -0.561. The summed E-state index contributed by atoms with van der Waals surface area (Å²) in [6.07, 6.45) is 1.94. The van der Waals surface area contributed by atoms with Gasteiger partial charge in [0.25, 0.3) is 11.6 Å². The minimum Gasteiger partial charge on any atom is -0.371 e. The molecule has 1 aromatic rings. The molecule has 8 nitrogen and oxygen atoms in total. The molecule has 0 unspecified atom stereocenters. The van der Waals surface area contributed by atoms with Gasteiger partial charge in [0.2, 0.25) is 5.91 Å². The van der Waals surface area contributed by atoms with Crippen molar-refractivity contribution < 1.29 is 14.5 Å². The number of nitro benzene ring substituents is 1. The van der Waals surface area contributed by atoms with E-state index in [1.165, 1.54) is 25.2 Å². The van der Waals surface area contributed by atoms with Crippen LogP contribution in [0.2, 0.25) is 0 Å². The summed E-state index contributed by atoms with van der Waals surface area (Å²) >= 11 is 0. The Bertz CT molecular complexity index is 584. The second kappa shape index (κ2) is 6.21. The van der Waals surface area contributed by atoms with Gasteiger partial charge in [0.15, 0.2) is 0 Å². The molecule has 2 rings (SSSR count). The van der Waals surface area contributed by atoms with Crippen LogP contribution in [0.4, 0.5) is 11.4 Å². The van der Waals surface area contributed by atoms with Crippen LogP contribution in [0, 0.1) is 10.1 Å². The summed E-state index contributed by atoms with van der Waals surface area (Å²) < 4.78 is 0. The quantitative estimate of drug-likeness (QED) is 0.526. The highest BCUT2D eigenvalue weighted by atomic mass is 16.6. The number of rotatable bonds is 6. The minimum absolute atomic E-state index is 0.0749. The number of carbonyl (C=O) groups excluding carboxylic acids is 2. The molecule has 1 aliphatic rings. The Morgan fingerprint density at radius 2 is 2.10 bits per heavy atom. The lowest BCUT2D eigenvalue weighted by molar-refractivity contribution is -0.383. The van der Waals surface area contributed by atoms with Crippen molar-refractivity contribution in [2.75, 3.05) is 18.9 Å². The molecule has 21 heavy (non-hydrogen) atoms. The van der Waals surface area contributed by atoms with Gasteiger partial charge >= 0.3 is 0 Å². The van der Waals surface area contributed by atoms with E-state index >= 15 is 0 Å². The van der Waals surface area contributed by atoms with Crippen LogP contribution >= 0.6 is 0 Å². The van der Waals surface area contributed by atoms with Crippen LogP contribution in [0.25, 0.3) is 0 Å². The van der Waals surface area contributed by atoms with E-state index in [0.717, 1.165) is 12.8 Å². The summed E-state index contributed by atoms with van der Waals surface area (Å²) in [4.78, 5) is 33.6.